The van der Waals surface area contributed by atoms with E-state index < -0.39 is 0 Å². The van der Waals surface area contributed by atoms with Crippen LogP contribution in [0.5, 0.6) is 0 Å². The van der Waals surface area contributed by atoms with Crippen LogP contribution in [0.15, 0.2) is 22.7 Å². The summed E-state index contributed by atoms with van der Waals surface area (Å²) in [4.78, 5) is 12.7. The van der Waals surface area contributed by atoms with Gasteiger partial charge < -0.3 is 10.6 Å². The van der Waals surface area contributed by atoms with E-state index in [0.29, 0.717) is 17.9 Å². The van der Waals surface area contributed by atoms with Crippen molar-refractivity contribution in [3.63, 3.8) is 0 Å². The van der Waals surface area contributed by atoms with E-state index in [1.807, 2.05) is 6.07 Å². The van der Waals surface area contributed by atoms with Crippen molar-refractivity contribution in [2.24, 2.45) is 17.6 Å². The van der Waals surface area contributed by atoms with Crippen molar-refractivity contribution in [3.05, 3.63) is 32.8 Å². The maximum absolute atomic E-state index is 10.8. The molecule has 1 heterocycles. The minimum atomic E-state index is -0.367. The third kappa shape index (κ3) is 2.42. The average Bonchev–Trinajstić information content (AvgIpc) is 2.83. The maximum Gasteiger partial charge on any atom is 0.270 e. The van der Waals surface area contributed by atoms with E-state index in [0.717, 1.165) is 29.7 Å². The summed E-state index contributed by atoms with van der Waals surface area (Å²) in [6, 6.07) is 5.29. The van der Waals surface area contributed by atoms with Gasteiger partial charge >= 0.3 is 0 Å². The molecule has 1 aromatic rings. The van der Waals surface area contributed by atoms with Gasteiger partial charge in [-0.1, -0.05) is 6.42 Å². The van der Waals surface area contributed by atoms with Crippen molar-refractivity contribution < 1.29 is 4.92 Å². The Morgan fingerprint density at radius 2 is 2.15 bits per heavy atom. The van der Waals surface area contributed by atoms with Crippen molar-refractivity contribution in [1.82, 2.24) is 0 Å². The van der Waals surface area contributed by atoms with Gasteiger partial charge in [0.05, 0.1) is 10.6 Å². The summed E-state index contributed by atoms with van der Waals surface area (Å²) in [5.74, 6) is 1.23. The lowest BCUT2D eigenvalue weighted by Gasteiger charge is -2.29. The van der Waals surface area contributed by atoms with Crippen molar-refractivity contribution in [1.29, 1.82) is 0 Å². The Kier molecular flexibility index (Phi) is 3.69. The molecular weight excluding hydrogens is 322 g/mol. The summed E-state index contributed by atoms with van der Waals surface area (Å²) < 4.78 is 0.791. The first-order valence-electron chi connectivity index (χ1n) is 7.00. The summed E-state index contributed by atoms with van der Waals surface area (Å²) >= 11 is 3.46. The molecule has 1 aliphatic heterocycles. The zero-order valence-corrected chi connectivity index (χ0v) is 12.8. The SMILES string of the molecule is NC1CCCC2CN(c3ccc([N+](=O)[O-])cc3Br)CC12. The predicted molar refractivity (Wildman–Crippen MR) is 81.8 cm³/mol. The summed E-state index contributed by atoms with van der Waals surface area (Å²) in [7, 11) is 0. The molecule has 0 aromatic heterocycles. The lowest BCUT2D eigenvalue weighted by molar-refractivity contribution is -0.384. The summed E-state index contributed by atoms with van der Waals surface area (Å²) in [5.41, 5.74) is 7.39. The predicted octanol–water partition coefficient (Wildman–Crippen LogP) is 2.92. The van der Waals surface area contributed by atoms with Crippen molar-refractivity contribution in [3.8, 4) is 0 Å². The number of nitro benzene ring substituents is 1. The Morgan fingerprint density at radius 3 is 2.80 bits per heavy atom. The van der Waals surface area contributed by atoms with Crippen molar-refractivity contribution >= 4 is 27.3 Å². The fraction of sp³-hybridized carbons (Fsp3) is 0.571. The number of hydrogen-bond acceptors (Lipinski definition) is 4. The minimum absolute atomic E-state index is 0.119. The molecule has 108 valence electrons. The lowest BCUT2D eigenvalue weighted by Crippen LogP contribution is -2.38. The van der Waals surface area contributed by atoms with Gasteiger partial charge in [0.1, 0.15) is 0 Å². The molecule has 1 aliphatic carbocycles. The highest BCUT2D eigenvalue weighted by molar-refractivity contribution is 9.10. The molecule has 20 heavy (non-hydrogen) atoms. The first kappa shape index (κ1) is 13.8. The molecule has 1 aromatic carbocycles. The number of nitrogens with zero attached hydrogens (tertiary/aromatic N) is 2. The van der Waals surface area contributed by atoms with Gasteiger partial charge in [-0.3, -0.25) is 10.1 Å². The summed E-state index contributed by atoms with van der Waals surface area (Å²) in [6.07, 6.45) is 3.59. The second-order valence-corrected chi connectivity index (χ2v) is 6.67. The third-order valence-corrected chi connectivity index (χ3v) is 5.27. The van der Waals surface area contributed by atoms with Gasteiger partial charge in [-0.2, -0.15) is 0 Å². The van der Waals surface area contributed by atoms with E-state index in [1.165, 1.54) is 12.8 Å². The van der Waals surface area contributed by atoms with Crippen LogP contribution in [-0.4, -0.2) is 24.1 Å². The van der Waals surface area contributed by atoms with Crippen LogP contribution in [-0.2, 0) is 0 Å². The van der Waals surface area contributed by atoms with Crippen molar-refractivity contribution in [2.75, 3.05) is 18.0 Å². The smallest absolute Gasteiger partial charge is 0.270 e. The molecule has 0 spiro atoms. The molecule has 1 saturated carbocycles. The molecule has 0 radical (unpaired) electrons. The second-order valence-electron chi connectivity index (χ2n) is 5.82. The number of nitro groups is 1. The molecule has 5 nitrogen and oxygen atoms in total. The molecule has 6 heteroatoms. The summed E-state index contributed by atoms with van der Waals surface area (Å²) in [5, 5.41) is 10.8. The highest BCUT2D eigenvalue weighted by Crippen LogP contribution is 2.40. The largest absolute Gasteiger partial charge is 0.370 e. The van der Waals surface area contributed by atoms with Crippen LogP contribution in [0.3, 0.4) is 0 Å². The third-order valence-electron chi connectivity index (χ3n) is 4.64. The van der Waals surface area contributed by atoms with Crippen LogP contribution in [0.4, 0.5) is 11.4 Å². The Bertz CT molecular complexity index is 537. The van der Waals surface area contributed by atoms with Crippen LogP contribution in [0.25, 0.3) is 0 Å². The molecule has 3 rings (SSSR count). The second kappa shape index (κ2) is 5.33. The number of halogens is 1. The van der Waals surface area contributed by atoms with Crippen LogP contribution < -0.4 is 10.6 Å². The maximum atomic E-state index is 10.8. The number of rotatable bonds is 2. The molecule has 3 atom stereocenters. The number of hydrogen-bond donors (Lipinski definition) is 1. The highest BCUT2D eigenvalue weighted by atomic mass is 79.9. The fourth-order valence-electron chi connectivity index (χ4n) is 3.58. The van der Waals surface area contributed by atoms with E-state index >= 15 is 0 Å². The fourth-order valence-corrected chi connectivity index (χ4v) is 4.20. The first-order chi connectivity index (χ1) is 9.56. The van der Waals surface area contributed by atoms with Gasteiger partial charge in [-0.25, -0.2) is 0 Å². The Balaban J connectivity index is 1.82. The van der Waals surface area contributed by atoms with Crippen LogP contribution in [0.1, 0.15) is 19.3 Å². The van der Waals surface area contributed by atoms with Crippen LogP contribution >= 0.6 is 15.9 Å². The topological polar surface area (TPSA) is 72.4 Å². The molecule has 0 bridgehead atoms. The van der Waals surface area contributed by atoms with Gasteiger partial charge in [0.15, 0.2) is 0 Å². The monoisotopic (exact) mass is 339 g/mol. The van der Waals surface area contributed by atoms with Gasteiger partial charge in [-0.15, -0.1) is 0 Å². The molecule has 2 N–H and O–H groups in total. The Hall–Kier alpha value is -1.14. The highest BCUT2D eigenvalue weighted by Gasteiger charge is 2.39. The number of nitrogens with two attached hydrogens (primary N) is 1. The molecule has 0 amide bonds. The number of non-ortho nitro benzene ring substituents is 1. The molecule has 3 unspecified atom stereocenters. The normalized spacial score (nSPS) is 29.3. The molecule has 1 saturated heterocycles. The standard InChI is InChI=1S/C14H18BrN3O2/c15-12-6-10(18(19)20)4-5-14(12)17-7-9-2-1-3-13(16)11(9)8-17/h4-6,9,11,13H,1-3,7-8,16H2. The van der Waals surface area contributed by atoms with E-state index in [-0.39, 0.29) is 10.6 Å². The van der Waals surface area contributed by atoms with Gasteiger partial charge in [0.2, 0.25) is 0 Å². The zero-order chi connectivity index (χ0) is 14.3. The van der Waals surface area contributed by atoms with Crippen LogP contribution in [0, 0.1) is 22.0 Å². The van der Waals surface area contributed by atoms with E-state index in [2.05, 4.69) is 20.8 Å². The number of anilines is 1. The van der Waals surface area contributed by atoms with E-state index in [9.17, 15) is 10.1 Å². The van der Waals surface area contributed by atoms with Crippen LogP contribution in [0.2, 0.25) is 0 Å². The van der Waals surface area contributed by atoms with Gasteiger partial charge in [0, 0.05) is 35.7 Å². The van der Waals surface area contributed by atoms with Crippen molar-refractivity contribution in [2.45, 2.75) is 25.3 Å². The zero-order valence-electron chi connectivity index (χ0n) is 11.2. The first-order valence-corrected chi connectivity index (χ1v) is 7.80. The van der Waals surface area contributed by atoms with Gasteiger partial charge in [-0.05, 0) is 46.7 Å². The summed E-state index contributed by atoms with van der Waals surface area (Å²) in [6.45, 7) is 1.97. The minimum Gasteiger partial charge on any atom is -0.370 e. The Morgan fingerprint density at radius 1 is 1.35 bits per heavy atom. The quantitative estimate of drug-likeness (QED) is 0.664. The lowest BCUT2D eigenvalue weighted by atomic mass is 9.78. The molecular formula is C14H18BrN3O2. The molecule has 2 aliphatic rings. The average molecular weight is 340 g/mol. The Labute approximate surface area is 126 Å². The number of fused-ring (bicyclic) bond motifs is 1. The van der Waals surface area contributed by atoms with Gasteiger partial charge in [0.25, 0.3) is 5.69 Å². The number of benzene rings is 1. The molecule has 2 fully saturated rings. The van der Waals surface area contributed by atoms with E-state index in [4.69, 9.17) is 5.73 Å². The van der Waals surface area contributed by atoms with E-state index in [1.54, 1.807) is 12.1 Å².